The Morgan fingerprint density at radius 1 is 1.14 bits per heavy atom. The van der Waals surface area contributed by atoms with E-state index in [1.807, 2.05) is 37.3 Å². The zero-order valence-corrected chi connectivity index (χ0v) is 12.3. The van der Waals surface area contributed by atoms with E-state index in [1.165, 1.54) is 19.3 Å². The molecule has 3 aliphatic rings. The van der Waals surface area contributed by atoms with Crippen LogP contribution in [-0.2, 0) is 14.3 Å². The van der Waals surface area contributed by atoms with Gasteiger partial charge in [0.2, 0.25) is 5.79 Å². The Labute approximate surface area is 124 Å². The predicted molar refractivity (Wildman–Crippen MR) is 79.3 cm³/mol. The topological polar surface area (TPSA) is 35.5 Å². The Morgan fingerprint density at radius 3 is 2.67 bits per heavy atom. The number of carbonyl (C=O) groups is 1. The molecule has 4 rings (SSSR count). The van der Waals surface area contributed by atoms with E-state index in [0.717, 1.165) is 24.0 Å². The van der Waals surface area contributed by atoms with Gasteiger partial charge in [0, 0.05) is 17.6 Å². The molecule has 0 N–H and O–H groups in total. The third-order valence-electron chi connectivity index (χ3n) is 5.09. The highest BCUT2D eigenvalue weighted by molar-refractivity contribution is 6.03. The third kappa shape index (κ3) is 1.95. The second-order valence-electron chi connectivity index (χ2n) is 6.41. The van der Waals surface area contributed by atoms with Gasteiger partial charge >= 0.3 is 5.97 Å². The molecule has 0 bridgehead atoms. The van der Waals surface area contributed by atoms with Crippen molar-refractivity contribution >= 4 is 11.5 Å². The number of carbonyl (C=O) groups excluding carboxylic acids is 1. The van der Waals surface area contributed by atoms with Gasteiger partial charge in [0.25, 0.3) is 0 Å². The van der Waals surface area contributed by atoms with Crippen LogP contribution in [0.15, 0.2) is 35.9 Å². The molecule has 3 nitrogen and oxygen atoms in total. The van der Waals surface area contributed by atoms with Crippen molar-refractivity contribution in [3.8, 4) is 0 Å². The van der Waals surface area contributed by atoms with Crippen LogP contribution >= 0.6 is 0 Å². The standard InChI is InChI=1S/C18H20O3/c1-12-16(13-7-3-2-4-8-13)18(21-17(12)19)11-14-9-5-6-10-15(14)20-18/h2-4,7-8,14-15H,5-6,9-11H2,1H3. The summed E-state index contributed by atoms with van der Waals surface area (Å²) in [5.74, 6) is -0.536. The average molecular weight is 284 g/mol. The highest BCUT2D eigenvalue weighted by atomic mass is 16.7. The van der Waals surface area contributed by atoms with Crippen molar-refractivity contribution in [2.45, 2.75) is 50.9 Å². The first-order valence-corrected chi connectivity index (χ1v) is 7.87. The summed E-state index contributed by atoms with van der Waals surface area (Å²) in [6, 6.07) is 10.0. The summed E-state index contributed by atoms with van der Waals surface area (Å²) in [7, 11) is 0. The predicted octanol–water partition coefficient (Wildman–Crippen LogP) is 3.69. The Kier molecular flexibility index (Phi) is 2.93. The van der Waals surface area contributed by atoms with E-state index < -0.39 is 5.79 Å². The molecule has 3 atom stereocenters. The van der Waals surface area contributed by atoms with Crippen LogP contribution in [0.3, 0.4) is 0 Å². The van der Waals surface area contributed by atoms with Crippen molar-refractivity contribution in [1.82, 2.24) is 0 Å². The SMILES string of the molecule is CC1=C(c2ccccc2)C2(CC3CCCCC3O2)OC1=O. The second kappa shape index (κ2) is 4.70. The summed E-state index contributed by atoms with van der Waals surface area (Å²) >= 11 is 0. The molecule has 2 fully saturated rings. The fraction of sp³-hybridized carbons (Fsp3) is 0.500. The molecule has 0 radical (unpaired) electrons. The summed E-state index contributed by atoms with van der Waals surface area (Å²) in [5, 5.41) is 0. The van der Waals surface area contributed by atoms with Crippen molar-refractivity contribution in [3.63, 3.8) is 0 Å². The normalized spacial score (nSPS) is 35.2. The van der Waals surface area contributed by atoms with E-state index in [4.69, 9.17) is 9.47 Å². The number of fused-ring (bicyclic) bond motifs is 1. The van der Waals surface area contributed by atoms with Crippen LogP contribution in [0.1, 0.15) is 44.6 Å². The number of hydrogen-bond acceptors (Lipinski definition) is 3. The van der Waals surface area contributed by atoms with Gasteiger partial charge in [-0.3, -0.25) is 0 Å². The lowest BCUT2D eigenvalue weighted by molar-refractivity contribution is -0.189. The maximum Gasteiger partial charge on any atom is 0.337 e. The summed E-state index contributed by atoms with van der Waals surface area (Å²) in [6.45, 7) is 1.85. The first-order valence-electron chi connectivity index (χ1n) is 7.87. The highest BCUT2D eigenvalue weighted by Crippen LogP contribution is 2.53. The zero-order valence-electron chi connectivity index (χ0n) is 12.3. The molecule has 2 aliphatic heterocycles. The molecule has 2 heterocycles. The first kappa shape index (κ1) is 13.1. The molecule has 1 aliphatic carbocycles. The summed E-state index contributed by atoms with van der Waals surface area (Å²) in [6.07, 6.45) is 5.81. The van der Waals surface area contributed by atoms with E-state index in [1.54, 1.807) is 0 Å². The molecule has 1 saturated carbocycles. The minimum absolute atomic E-state index is 0.229. The minimum Gasteiger partial charge on any atom is -0.425 e. The average Bonchev–Trinajstić information content (AvgIpc) is 2.97. The minimum atomic E-state index is -0.831. The largest absolute Gasteiger partial charge is 0.425 e. The molecule has 0 amide bonds. The van der Waals surface area contributed by atoms with Crippen LogP contribution < -0.4 is 0 Å². The molecule has 3 heteroatoms. The van der Waals surface area contributed by atoms with Crippen molar-refractivity contribution in [3.05, 3.63) is 41.5 Å². The van der Waals surface area contributed by atoms with Crippen LogP contribution in [0.5, 0.6) is 0 Å². The van der Waals surface area contributed by atoms with Gasteiger partial charge in [-0.2, -0.15) is 0 Å². The Bertz CT molecular complexity index is 588. The van der Waals surface area contributed by atoms with Crippen molar-refractivity contribution in [2.24, 2.45) is 5.92 Å². The fourth-order valence-corrected chi connectivity index (χ4v) is 4.13. The van der Waals surface area contributed by atoms with Crippen LogP contribution in [0.2, 0.25) is 0 Å². The maximum absolute atomic E-state index is 12.2. The number of esters is 1. The highest BCUT2D eigenvalue weighted by Gasteiger charge is 2.56. The molecular weight excluding hydrogens is 264 g/mol. The number of benzene rings is 1. The molecule has 1 aromatic carbocycles. The molecule has 21 heavy (non-hydrogen) atoms. The van der Waals surface area contributed by atoms with Crippen molar-refractivity contribution < 1.29 is 14.3 Å². The molecule has 1 spiro atoms. The third-order valence-corrected chi connectivity index (χ3v) is 5.09. The lowest BCUT2D eigenvalue weighted by Crippen LogP contribution is -2.31. The van der Waals surface area contributed by atoms with E-state index in [-0.39, 0.29) is 12.1 Å². The monoisotopic (exact) mass is 284 g/mol. The summed E-state index contributed by atoms with van der Waals surface area (Å²) in [4.78, 5) is 12.2. The van der Waals surface area contributed by atoms with Crippen LogP contribution in [0.25, 0.3) is 5.57 Å². The van der Waals surface area contributed by atoms with Gasteiger partial charge in [-0.25, -0.2) is 4.79 Å². The Balaban J connectivity index is 1.77. The van der Waals surface area contributed by atoms with Gasteiger partial charge in [-0.05, 0) is 31.2 Å². The Morgan fingerprint density at radius 2 is 1.90 bits per heavy atom. The molecule has 0 aromatic heterocycles. The van der Waals surface area contributed by atoms with E-state index >= 15 is 0 Å². The zero-order chi connectivity index (χ0) is 14.4. The summed E-state index contributed by atoms with van der Waals surface area (Å²) < 4.78 is 12.1. The quantitative estimate of drug-likeness (QED) is 0.738. The fourth-order valence-electron chi connectivity index (χ4n) is 4.13. The molecular formula is C18H20O3. The van der Waals surface area contributed by atoms with Crippen molar-refractivity contribution in [2.75, 3.05) is 0 Å². The number of rotatable bonds is 1. The van der Waals surface area contributed by atoms with E-state index in [2.05, 4.69) is 0 Å². The lowest BCUT2D eigenvalue weighted by Gasteiger charge is -2.27. The molecule has 1 saturated heterocycles. The van der Waals surface area contributed by atoms with Crippen LogP contribution in [0, 0.1) is 5.92 Å². The number of ether oxygens (including phenoxy) is 2. The smallest absolute Gasteiger partial charge is 0.337 e. The van der Waals surface area contributed by atoms with E-state index in [9.17, 15) is 4.79 Å². The summed E-state index contributed by atoms with van der Waals surface area (Å²) in [5.41, 5.74) is 2.68. The lowest BCUT2D eigenvalue weighted by atomic mass is 9.83. The van der Waals surface area contributed by atoms with Gasteiger partial charge in [0.1, 0.15) is 0 Å². The first-order chi connectivity index (χ1) is 10.2. The van der Waals surface area contributed by atoms with Crippen LogP contribution in [-0.4, -0.2) is 17.9 Å². The molecule has 110 valence electrons. The van der Waals surface area contributed by atoms with Gasteiger partial charge in [0.05, 0.1) is 6.10 Å². The van der Waals surface area contributed by atoms with Crippen LogP contribution in [0.4, 0.5) is 0 Å². The molecule has 3 unspecified atom stereocenters. The maximum atomic E-state index is 12.2. The second-order valence-corrected chi connectivity index (χ2v) is 6.41. The number of hydrogen-bond donors (Lipinski definition) is 0. The van der Waals surface area contributed by atoms with E-state index in [0.29, 0.717) is 11.5 Å². The van der Waals surface area contributed by atoms with Crippen molar-refractivity contribution in [1.29, 1.82) is 0 Å². The van der Waals surface area contributed by atoms with Gasteiger partial charge in [-0.15, -0.1) is 0 Å². The van der Waals surface area contributed by atoms with Gasteiger partial charge < -0.3 is 9.47 Å². The van der Waals surface area contributed by atoms with Gasteiger partial charge in [-0.1, -0.05) is 43.2 Å². The Hall–Kier alpha value is -1.61. The molecule has 1 aromatic rings. The van der Waals surface area contributed by atoms with Gasteiger partial charge in [0.15, 0.2) is 0 Å².